The summed E-state index contributed by atoms with van der Waals surface area (Å²) in [5.41, 5.74) is 8.82. The number of rotatable bonds is 2. The molecule has 1 amide bonds. The standard InChI is InChI=1S/C13H18N2O2/c1-9-4-3-5-11(10(9)2)15-6-7-17-12(8-14)13(15)16/h3-5,12H,6-8,14H2,1-2H3. The third-order valence-corrected chi connectivity index (χ3v) is 3.26. The summed E-state index contributed by atoms with van der Waals surface area (Å²) in [6.07, 6.45) is -0.497. The Bertz CT molecular complexity index is 431. The molecule has 0 saturated carbocycles. The van der Waals surface area contributed by atoms with Gasteiger partial charge < -0.3 is 15.4 Å². The minimum absolute atomic E-state index is 0.0348. The van der Waals surface area contributed by atoms with E-state index in [1.807, 2.05) is 32.0 Å². The van der Waals surface area contributed by atoms with Crippen molar-refractivity contribution in [2.75, 3.05) is 24.6 Å². The van der Waals surface area contributed by atoms with Crippen molar-refractivity contribution in [2.24, 2.45) is 5.73 Å². The SMILES string of the molecule is Cc1cccc(N2CCOC(CN)C2=O)c1C. The van der Waals surface area contributed by atoms with Crippen LogP contribution in [0.5, 0.6) is 0 Å². The second kappa shape index (κ2) is 4.85. The van der Waals surface area contributed by atoms with Crippen LogP contribution in [-0.4, -0.2) is 31.7 Å². The number of carbonyl (C=O) groups excluding carboxylic acids is 1. The summed E-state index contributed by atoms with van der Waals surface area (Å²) in [5.74, 6) is -0.0348. The van der Waals surface area contributed by atoms with Crippen LogP contribution in [0.1, 0.15) is 11.1 Å². The molecule has 17 heavy (non-hydrogen) atoms. The number of amides is 1. The molecule has 1 heterocycles. The molecule has 0 spiro atoms. The fourth-order valence-electron chi connectivity index (χ4n) is 2.08. The van der Waals surface area contributed by atoms with Crippen LogP contribution in [0.2, 0.25) is 0 Å². The first-order valence-electron chi connectivity index (χ1n) is 5.84. The van der Waals surface area contributed by atoms with Crippen molar-refractivity contribution in [2.45, 2.75) is 20.0 Å². The first-order valence-corrected chi connectivity index (χ1v) is 5.84. The molecule has 2 rings (SSSR count). The zero-order valence-electron chi connectivity index (χ0n) is 10.3. The molecule has 4 heteroatoms. The van der Waals surface area contributed by atoms with Crippen molar-refractivity contribution < 1.29 is 9.53 Å². The molecule has 2 N–H and O–H groups in total. The highest BCUT2D eigenvalue weighted by Crippen LogP contribution is 2.25. The van der Waals surface area contributed by atoms with E-state index in [0.29, 0.717) is 13.2 Å². The van der Waals surface area contributed by atoms with Gasteiger partial charge >= 0.3 is 0 Å². The van der Waals surface area contributed by atoms with Crippen LogP contribution >= 0.6 is 0 Å². The molecule has 92 valence electrons. The fourth-order valence-corrected chi connectivity index (χ4v) is 2.08. The zero-order chi connectivity index (χ0) is 12.4. The van der Waals surface area contributed by atoms with Gasteiger partial charge in [-0.25, -0.2) is 0 Å². The Morgan fingerprint density at radius 1 is 1.47 bits per heavy atom. The van der Waals surface area contributed by atoms with Gasteiger partial charge in [0.25, 0.3) is 5.91 Å². The number of anilines is 1. The number of nitrogens with two attached hydrogens (primary N) is 1. The zero-order valence-corrected chi connectivity index (χ0v) is 10.3. The molecule has 1 saturated heterocycles. The number of carbonyl (C=O) groups is 1. The van der Waals surface area contributed by atoms with Gasteiger partial charge in [-0.05, 0) is 31.0 Å². The van der Waals surface area contributed by atoms with Gasteiger partial charge in [0.15, 0.2) is 0 Å². The van der Waals surface area contributed by atoms with E-state index in [9.17, 15) is 4.79 Å². The summed E-state index contributed by atoms with van der Waals surface area (Å²) in [6.45, 7) is 5.45. The normalized spacial score (nSPS) is 20.8. The molecule has 1 aliphatic rings. The maximum Gasteiger partial charge on any atom is 0.257 e. The molecule has 1 unspecified atom stereocenters. The van der Waals surface area contributed by atoms with Crippen LogP contribution in [0.25, 0.3) is 0 Å². The summed E-state index contributed by atoms with van der Waals surface area (Å²) < 4.78 is 5.35. The van der Waals surface area contributed by atoms with Crippen LogP contribution in [0.4, 0.5) is 5.69 Å². The van der Waals surface area contributed by atoms with Crippen molar-refractivity contribution in [3.05, 3.63) is 29.3 Å². The Morgan fingerprint density at radius 3 is 2.94 bits per heavy atom. The van der Waals surface area contributed by atoms with E-state index < -0.39 is 6.10 Å². The van der Waals surface area contributed by atoms with Crippen molar-refractivity contribution in [3.8, 4) is 0 Å². The lowest BCUT2D eigenvalue weighted by atomic mass is 10.1. The van der Waals surface area contributed by atoms with Gasteiger partial charge in [-0.1, -0.05) is 12.1 Å². The minimum atomic E-state index is -0.497. The Balaban J connectivity index is 2.33. The third kappa shape index (κ3) is 2.18. The smallest absolute Gasteiger partial charge is 0.257 e. The summed E-state index contributed by atoms with van der Waals surface area (Å²) in [6, 6.07) is 5.99. The number of ether oxygens (including phenoxy) is 1. The second-order valence-corrected chi connectivity index (χ2v) is 4.30. The van der Waals surface area contributed by atoms with Gasteiger partial charge in [0, 0.05) is 18.8 Å². The highest BCUT2D eigenvalue weighted by Gasteiger charge is 2.30. The molecule has 1 aliphatic heterocycles. The molecule has 1 aromatic rings. The monoisotopic (exact) mass is 234 g/mol. The molecule has 0 bridgehead atoms. The Kier molecular flexibility index (Phi) is 3.45. The number of benzene rings is 1. The fraction of sp³-hybridized carbons (Fsp3) is 0.462. The third-order valence-electron chi connectivity index (χ3n) is 3.26. The maximum absolute atomic E-state index is 12.1. The predicted molar refractivity (Wildman–Crippen MR) is 67.1 cm³/mol. The summed E-state index contributed by atoms with van der Waals surface area (Å²) in [5, 5.41) is 0. The van der Waals surface area contributed by atoms with E-state index in [2.05, 4.69) is 0 Å². The van der Waals surface area contributed by atoms with Gasteiger partial charge in [0.1, 0.15) is 6.10 Å². The molecule has 1 atom stereocenters. The second-order valence-electron chi connectivity index (χ2n) is 4.30. The Labute approximate surface area is 101 Å². The van der Waals surface area contributed by atoms with Crippen LogP contribution < -0.4 is 10.6 Å². The predicted octanol–water partition coefficient (Wildman–Crippen LogP) is 0.994. The number of hydrogen-bond donors (Lipinski definition) is 1. The van der Waals surface area contributed by atoms with E-state index in [-0.39, 0.29) is 12.5 Å². The quantitative estimate of drug-likeness (QED) is 0.830. The van der Waals surface area contributed by atoms with Crippen LogP contribution in [-0.2, 0) is 9.53 Å². The number of hydrogen-bond acceptors (Lipinski definition) is 3. The van der Waals surface area contributed by atoms with Crippen LogP contribution in [0, 0.1) is 13.8 Å². The highest BCUT2D eigenvalue weighted by atomic mass is 16.5. The average Bonchev–Trinajstić information content (AvgIpc) is 2.33. The van der Waals surface area contributed by atoms with Crippen molar-refractivity contribution in [1.29, 1.82) is 0 Å². The van der Waals surface area contributed by atoms with Crippen molar-refractivity contribution >= 4 is 11.6 Å². The Hall–Kier alpha value is -1.39. The molecule has 0 aliphatic carbocycles. The van der Waals surface area contributed by atoms with Gasteiger partial charge in [-0.15, -0.1) is 0 Å². The van der Waals surface area contributed by atoms with E-state index >= 15 is 0 Å². The topological polar surface area (TPSA) is 55.6 Å². The van der Waals surface area contributed by atoms with Crippen LogP contribution in [0.3, 0.4) is 0 Å². The molecule has 1 aromatic carbocycles. The number of morpholine rings is 1. The van der Waals surface area contributed by atoms with E-state index in [1.54, 1.807) is 4.90 Å². The molecular weight excluding hydrogens is 216 g/mol. The maximum atomic E-state index is 12.1. The lowest BCUT2D eigenvalue weighted by molar-refractivity contribution is -0.133. The van der Waals surface area contributed by atoms with Crippen molar-refractivity contribution in [1.82, 2.24) is 0 Å². The molecule has 0 radical (unpaired) electrons. The Morgan fingerprint density at radius 2 is 2.24 bits per heavy atom. The van der Waals surface area contributed by atoms with Crippen molar-refractivity contribution in [3.63, 3.8) is 0 Å². The summed E-state index contributed by atoms with van der Waals surface area (Å²) >= 11 is 0. The van der Waals surface area contributed by atoms with E-state index in [4.69, 9.17) is 10.5 Å². The number of nitrogens with zero attached hydrogens (tertiary/aromatic N) is 1. The molecule has 0 aromatic heterocycles. The summed E-state index contributed by atoms with van der Waals surface area (Å²) in [4.78, 5) is 13.9. The molecule has 4 nitrogen and oxygen atoms in total. The first kappa shape index (κ1) is 12.1. The van der Waals surface area contributed by atoms with E-state index in [0.717, 1.165) is 11.3 Å². The minimum Gasteiger partial charge on any atom is -0.365 e. The first-order chi connectivity index (χ1) is 8.15. The average molecular weight is 234 g/mol. The van der Waals surface area contributed by atoms with Gasteiger partial charge in [-0.3, -0.25) is 4.79 Å². The molecular formula is C13H18N2O2. The summed E-state index contributed by atoms with van der Waals surface area (Å²) in [7, 11) is 0. The van der Waals surface area contributed by atoms with Crippen LogP contribution in [0.15, 0.2) is 18.2 Å². The molecule has 1 fully saturated rings. The lowest BCUT2D eigenvalue weighted by Crippen LogP contribution is -2.51. The van der Waals surface area contributed by atoms with E-state index in [1.165, 1.54) is 5.56 Å². The van der Waals surface area contributed by atoms with Gasteiger partial charge in [0.2, 0.25) is 0 Å². The number of aryl methyl sites for hydroxylation is 1. The lowest BCUT2D eigenvalue weighted by Gasteiger charge is -2.33. The largest absolute Gasteiger partial charge is 0.365 e. The van der Waals surface area contributed by atoms with Gasteiger partial charge in [-0.2, -0.15) is 0 Å². The highest BCUT2D eigenvalue weighted by molar-refractivity contribution is 5.98. The van der Waals surface area contributed by atoms with Gasteiger partial charge in [0.05, 0.1) is 6.61 Å².